The molecule has 0 aliphatic rings. The predicted molar refractivity (Wildman–Crippen MR) is 362 cm³/mol. The first-order chi connectivity index (χ1) is 40.5. The highest BCUT2D eigenvalue weighted by molar-refractivity contribution is 7.45. The van der Waals surface area contributed by atoms with Crippen molar-refractivity contribution in [3.05, 3.63) is 48.6 Å². The van der Waals surface area contributed by atoms with E-state index in [1.165, 1.54) is 276 Å². The molecule has 0 aliphatic heterocycles. The second-order valence-electron chi connectivity index (χ2n) is 26.3. The standard InChI is InChI=1S/C74H143N2O6P/c1-6-8-10-12-14-16-18-20-22-24-26-28-30-32-34-36-37-38-40-41-43-45-47-49-51-53-55-57-59-61-63-65-67-73(77)72(71-82-83(79,80)81-70-69-76(3,4)5)75-74(78)68-66-64-62-60-58-56-54-52-50-48-46-44-42-39-35-33-31-29-27-25-23-21-19-17-15-13-11-9-7-2/h9,11,15,17,21,23,27,29,72-73,77H,6-8,10,12-14,16,18-20,22,24-26,28,30-71H2,1-5H3,(H-,75,78,79,80)/b11-9-,17-15-,23-21-,29-27-. The zero-order valence-corrected chi connectivity index (χ0v) is 57.1. The lowest BCUT2D eigenvalue weighted by atomic mass is 10.0. The Hall–Kier alpha value is -1.54. The van der Waals surface area contributed by atoms with E-state index in [1.54, 1.807) is 0 Å². The van der Waals surface area contributed by atoms with Gasteiger partial charge in [-0.1, -0.05) is 358 Å². The molecule has 0 aliphatic carbocycles. The van der Waals surface area contributed by atoms with Crippen molar-refractivity contribution >= 4 is 13.7 Å². The van der Waals surface area contributed by atoms with Crippen LogP contribution in [0.3, 0.4) is 0 Å². The number of allylic oxidation sites excluding steroid dienone is 8. The Morgan fingerprint density at radius 2 is 0.735 bits per heavy atom. The first kappa shape index (κ1) is 81.5. The number of hydrogen-bond donors (Lipinski definition) is 2. The van der Waals surface area contributed by atoms with Gasteiger partial charge in [0.25, 0.3) is 7.82 Å². The number of hydrogen-bond acceptors (Lipinski definition) is 6. The molecule has 0 heterocycles. The lowest BCUT2D eigenvalue weighted by molar-refractivity contribution is -0.870. The smallest absolute Gasteiger partial charge is 0.268 e. The first-order valence-corrected chi connectivity index (χ1v) is 37.9. The lowest BCUT2D eigenvalue weighted by Gasteiger charge is -2.30. The number of quaternary nitrogens is 1. The monoisotopic (exact) mass is 1190 g/mol. The highest BCUT2D eigenvalue weighted by Gasteiger charge is 2.24. The Balaban J connectivity index is 3.98. The van der Waals surface area contributed by atoms with E-state index in [9.17, 15) is 19.4 Å². The number of unbranched alkanes of at least 4 members (excludes halogenated alkanes) is 47. The molecule has 0 saturated carbocycles. The number of carbonyl (C=O) groups is 1. The van der Waals surface area contributed by atoms with Crippen LogP contribution in [0.15, 0.2) is 48.6 Å². The number of amides is 1. The maximum absolute atomic E-state index is 13.1. The number of nitrogens with zero attached hydrogens (tertiary/aromatic N) is 1. The molecule has 1 amide bonds. The molecule has 0 saturated heterocycles. The third-order valence-corrected chi connectivity index (χ3v) is 17.8. The summed E-state index contributed by atoms with van der Waals surface area (Å²) in [6.07, 6.45) is 87.7. The van der Waals surface area contributed by atoms with Gasteiger partial charge in [0, 0.05) is 6.42 Å². The number of aliphatic hydroxyl groups excluding tert-OH is 1. The molecular weight excluding hydrogens is 1040 g/mol. The van der Waals surface area contributed by atoms with E-state index >= 15 is 0 Å². The summed E-state index contributed by atoms with van der Waals surface area (Å²) in [5.41, 5.74) is 0. The molecule has 0 fully saturated rings. The molecule has 0 spiro atoms. The van der Waals surface area contributed by atoms with Crippen molar-refractivity contribution in [1.29, 1.82) is 0 Å². The molecule has 9 heteroatoms. The predicted octanol–water partition coefficient (Wildman–Crippen LogP) is 22.8. The summed E-state index contributed by atoms with van der Waals surface area (Å²) < 4.78 is 23.6. The van der Waals surface area contributed by atoms with Crippen LogP contribution in [0.2, 0.25) is 0 Å². The van der Waals surface area contributed by atoms with Crippen molar-refractivity contribution in [2.45, 2.75) is 379 Å². The van der Waals surface area contributed by atoms with Crippen molar-refractivity contribution in [3.8, 4) is 0 Å². The number of aliphatic hydroxyl groups is 1. The fraction of sp³-hybridized carbons (Fsp3) is 0.878. The second-order valence-corrected chi connectivity index (χ2v) is 27.7. The third-order valence-electron chi connectivity index (χ3n) is 16.8. The van der Waals surface area contributed by atoms with Crippen LogP contribution in [0.1, 0.15) is 367 Å². The van der Waals surface area contributed by atoms with E-state index in [2.05, 4.69) is 67.8 Å². The summed E-state index contributed by atoms with van der Waals surface area (Å²) >= 11 is 0. The maximum atomic E-state index is 13.1. The van der Waals surface area contributed by atoms with Gasteiger partial charge in [-0.15, -0.1) is 0 Å². The quantitative estimate of drug-likeness (QED) is 0.0272. The third kappa shape index (κ3) is 67.8. The molecule has 490 valence electrons. The molecule has 83 heavy (non-hydrogen) atoms. The summed E-state index contributed by atoms with van der Waals surface area (Å²) in [7, 11) is 1.32. The van der Waals surface area contributed by atoms with Gasteiger partial charge >= 0.3 is 0 Å². The van der Waals surface area contributed by atoms with Crippen molar-refractivity contribution < 1.29 is 32.9 Å². The summed E-state index contributed by atoms with van der Waals surface area (Å²) in [5.74, 6) is -0.159. The first-order valence-electron chi connectivity index (χ1n) is 36.5. The van der Waals surface area contributed by atoms with Crippen LogP contribution in [0.25, 0.3) is 0 Å². The largest absolute Gasteiger partial charge is 0.756 e. The number of carbonyl (C=O) groups excluding carboxylic acids is 1. The SMILES string of the molecule is CC/C=C\C/C=C\C/C=C\C/C=C\CCCCCCCCCCCCCCCCCCC(=O)NC(COP(=O)([O-])OCC[N+](C)(C)C)C(O)CCCCCCCCCCCCCCCCCCCCCCCCCCCCCCCCCC. The highest BCUT2D eigenvalue weighted by atomic mass is 31.2. The van der Waals surface area contributed by atoms with E-state index in [-0.39, 0.29) is 19.1 Å². The molecule has 3 atom stereocenters. The number of phosphoric acid groups is 1. The van der Waals surface area contributed by atoms with Gasteiger partial charge in [-0.3, -0.25) is 9.36 Å². The van der Waals surface area contributed by atoms with Gasteiger partial charge in [-0.25, -0.2) is 0 Å². The molecular formula is C74H143N2O6P. The summed E-state index contributed by atoms with van der Waals surface area (Å²) in [6, 6.07) is -0.803. The van der Waals surface area contributed by atoms with Gasteiger partial charge in [0.05, 0.1) is 39.9 Å². The van der Waals surface area contributed by atoms with Crippen LogP contribution in [-0.4, -0.2) is 68.5 Å². The normalized spacial score (nSPS) is 13.9. The highest BCUT2D eigenvalue weighted by Crippen LogP contribution is 2.38. The molecule has 0 radical (unpaired) electrons. The average Bonchev–Trinajstić information content (AvgIpc) is 3.50. The van der Waals surface area contributed by atoms with Gasteiger partial charge in [0.2, 0.25) is 5.91 Å². The molecule has 0 rings (SSSR count). The van der Waals surface area contributed by atoms with Crippen molar-refractivity contribution in [3.63, 3.8) is 0 Å². The van der Waals surface area contributed by atoms with Gasteiger partial charge in [0.1, 0.15) is 13.2 Å². The van der Waals surface area contributed by atoms with E-state index in [4.69, 9.17) is 9.05 Å². The Bertz CT molecular complexity index is 1490. The molecule has 2 N–H and O–H groups in total. The lowest BCUT2D eigenvalue weighted by Crippen LogP contribution is -2.46. The van der Waals surface area contributed by atoms with Crippen LogP contribution in [-0.2, 0) is 18.4 Å². The number of likely N-dealkylation sites (N-methyl/N-ethyl adjacent to an activating group) is 1. The van der Waals surface area contributed by atoms with Crippen molar-refractivity contribution in [2.75, 3.05) is 40.9 Å². The molecule has 8 nitrogen and oxygen atoms in total. The molecule has 0 bridgehead atoms. The summed E-state index contributed by atoms with van der Waals surface area (Å²) in [5, 5.41) is 14.1. The number of phosphoric ester groups is 1. The minimum atomic E-state index is -4.58. The van der Waals surface area contributed by atoms with E-state index < -0.39 is 20.0 Å². The van der Waals surface area contributed by atoms with Crippen LogP contribution < -0.4 is 10.2 Å². The second kappa shape index (κ2) is 64.9. The fourth-order valence-corrected chi connectivity index (χ4v) is 11.9. The van der Waals surface area contributed by atoms with E-state index in [0.29, 0.717) is 23.9 Å². The van der Waals surface area contributed by atoms with E-state index in [0.717, 1.165) is 64.2 Å². The minimum absolute atomic E-state index is 0.0130. The van der Waals surface area contributed by atoms with E-state index in [1.807, 2.05) is 21.1 Å². The number of rotatable bonds is 68. The Kier molecular flexibility index (Phi) is 63.7. The molecule has 3 unspecified atom stereocenters. The van der Waals surface area contributed by atoms with Gasteiger partial charge in [0.15, 0.2) is 0 Å². The number of nitrogens with one attached hydrogen (secondary N) is 1. The Morgan fingerprint density at radius 3 is 1.07 bits per heavy atom. The van der Waals surface area contributed by atoms with Crippen LogP contribution in [0.5, 0.6) is 0 Å². The zero-order valence-electron chi connectivity index (χ0n) is 56.2. The Morgan fingerprint density at radius 1 is 0.434 bits per heavy atom. The molecule has 0 aromatic rings. The molecule has 0 aromatic carbocycles. The van der Waals surface area contributed by atoms with Gasteiger partial charge < -0.3 is 28.8 Å². The summed E-state index contributed by atoms with van der Waals surface area (Å²) in [4.78, 5) is 25.7. The fourth-order valence-electron chi connectivity index (χ4n) is 11.2. The van der Waals surface area contributed by atoms with Crippen LogP contribution in [0.4, 0.5) is 0 Å². The van der Waals surface area contributed by atoms with Gasteiger partial charge in [-0.2, -0.15) is 0 Å². The van der Waals surface area contributed by atoms with Crippen molar-refractivity contribution in [1.82, 2.24) is 5.32 Å². The van der Waals surface area contributed by atoms with Crippen molar-refractivity contribution in [2.24, 2.45) is 0 Å². The Labute approximate surface area is 518 Å². The zero-order chi connectivity index (χ0) is 60.5. The average molecular weight is 1190 g/mol. The molecule has 0 aromatic heterocycles. The maximum Gasteiger partial charge on any atom is 0.268 e. The van der Waals surface area contributed by atoms with Gasteiger partial charge in [-0.05, 0) is 51.4 Å². The van der Waals surface area contributed by atoms with Crippen LogP contribution in [0, 0.1) is 0 Å². The van der Waals surface area contributed by atoms with Crippen LogP contribution >= 0.6 is 7.82 Å². The minimum Gasteiger partial charge on any atom is -0.756 e. The topological polar surface area (TPSA) is 108 Å². The summed E-state index contributed by atoms with van der Waals surface area (Å²) in [6.45, 7) is 4.67.